The van der Waals surface area contributed by atoms with Crippen LogP contribution in [0.2, 0.25) is 0 Å². The van der Waals surface area contributed by atoms with Gasteiger partial charge in [0.15, 0.2) is 5.13 Å². The molecule has 24 heavy (non-hydrogen) atoms. The van der Waals surface area contributed by atoms with Gasteiger partial charge < -0.3 is 14.7 Å². The molecular formula is C18H23N3O2S. The zero-order valence-electron chi connectivity index (χ0n) is 14.1. The van der Waals surface area contributed by atoms with E-state index in [2.05, 4.69) is 46.1 Å². The summed E-state index contributed by atoms with van der Waals surface area (Å²) < 4.78 is 5.28. The molecule has 0 bridgehead atoms. The van der Waals surface area contributed by atoms with Crippen LogP contribution in [-0.4, -0.2) is 48.8 Å². The van der Waals surface area contributed by atoms with Crippen molar-refractivity contribution in [1.82, 2.24) is 9.88 Å². The lowest BCUT2D eigenvalue weighted by Gasteiger charge is -2.26. The average molecular weight is 345 g/mol. The summed E-state index contributed by atoms with van der Waals surface area (Å²) in [6.45, 7) is 3.23. The molecule has 128 valence electrons. The average Bonchev–Trinajstić information content (AvgIpc) is 3.28. The van der Waals surface area contributed by atoms with E-state index in [9.17, 15) is 5.11 Å². The fourth-order valence-electron chi connectivity index (χ4n) is 4.23. The van der Waals surface area contributed by atoms with Crippen molar-refractivity contribution < 1.29 is 9.84 Å². The lowest BCUT2D eigenvalue weighted by Crippen LogP contribution is -2.29. The van der Waals surface area contributed by atoms with Gasteiger partial charge in [-0.3, -0.25) is 4.90 Å². The maximum atomic E-state index is 9.23. The molecule has 2 aromatic rings. The van der Waals surface area contributed by atoms with Crippen LogP contribution in [0, 0.1) is 11.8 Å². The Morgan fingerprint density at radius 1 is 1.25 bits per heavy atom. The molecular weight excluding hydrogens is 322 g/mol. The normalized spacial score (nSPS) is 26.8. The molecule has 3 atom stereocenters. The second-order valence-corrected chi connectivity index (χ2v) is 7.60. The van der Waals surface area contributed by atoms with Gasteiger partial charge in [-0.25, -0.2) is 4.98 Å². The van der Waals surface area contributed by atoms with Gasteiger partial charge in [-0.15, -0.1) is 11.3 Å². The highest BCUT2D eigenvalue weighted by molar-refractivity contribution is 7.13. The van der Waals surface area contributed by atoms with Crippen LogP contribution in [0.1, 0.15) is 17.3 Å². The van der Waals surface area contributed by atoms with Crippen LogP contribution in [0.3, 0.4) is 0 Å². The number of aliphatic hydroxyl groups excluding tert-OH is 1. The number of anilines is 1. The predicted molar refractivity (Wildman–Crippen MR) is 95.6 cm³/mol. The van der Waals surface area contributed by atoms with Gasteiger partial charge in [0.2, 0.25) is 0 Å². The molecule has 0 unspecified atom stereocenters. The lowest BCUT2D eigenvalue weighted by atomic mass is 9.89. The molecule has 0 amide bonds. The fourth-order valence-corrected chi connectivity index (χ4v) is 5.07. The summed E-state index contributed by atoms with van der Waals surface area (Å²) in [6, 6.07) is 8.94. The third kappa shape index (κ3) is 2.68. The molecule has 0 radical (unpaired) electrons. The molecule has 3 heterocycles. The van der Waals surface area contributed by atoms with E-state index in [1.807, 2.05) is 5.38 Å². The summed E-state index contributed by atoms with van der Waals surface area (Å²) in [6.07, 6.45) is 0. The van der Waals surface area contributed by atoms with E-state index in [1.54, 1.807) is 18.4 Å². The van der Waals surface area contributed by atoms with Crippen LogP contribution in [0.15, 0.2) is 29.6 Å². The molecule has 2 saturated heterocycles. The topological polar surface area (TPSA) is 48.8 Å². The standard InChI is InChI=1S/C18H23N3O2S/c1-20-7-13-8-21(18-19-14(10-22)11-24-18)9-16(13)17(20)12-3-5-15(23-2)6-4-12/h3-6,11,13,16-17,22H,7-10H2,1-2H3/t13-,16+,17+/m0/s1. The third-order valence-corrected chi connectivity index (χ3v) is 6.27. The molecule has 0 spiro atoms. The molecule has 1 N–H and O–H groups in total. The number of methoxy groups -OCH3 is 1. The summed E-state index contributed by atoms with van der Waals surface area (Å²) in [5, 5.41) is 12.2. The summed E-state index contributed by atoms with van der Waals surface area (Å²) >= 11 is 1.64. The molecule has 2 aliphatic heterocycles. The summed E-state index contributed by atoms with van der Waals surface area (Å²) in [4.78, 5) is 9.41. The third-order valence-electron chi connectivity index (χ3n) is 5.32. The van der Waals surface area contributed by atoms with Crippen LogP contribution in [0.4, 0.5) is 5.13 Å². The number of aliphatic hydroxyl groups is 1. The second kappa shape index (κ2) is 6.35. The largest absolute Gasteiger partial charge is 0.497 e. The van der Waals surface area contributed by atoms with Crippen molar-refractivity contribution >= 4 is 16.5 Å². The number of hydrogen-bond donors (Lipinski definition) is 1. The first-order chi connectivity index (χ1) is 11.7. The highest BCUT2D eigenvalue weighted by atomic mass is 32.1. The Morgan fingerprint density at radius 3 is 2.71 bits per heavy atom. The fraction of sp³-hybridized carbons (Fsp3) is 0.500. The maximum absolute atomic E-state index is 9.23. The van der Waals surface area contributed by atoms with E-state index in [4.69, 9.17) is 4.74 Å². The van der Waals surface area contributed by atoms with Gasteiger partial charge >= 0.3 is 0 Å². The van der Waals surface area contributed by atoms with E-state index in [1.165, 1.54) is 5.56 Å². The van der Waals surface area contributed by atoms with Crippen LogP contribution in [-0.2, 0) is 6.61 Å². The number of hydrogen-bond acceptors (Lipinski definition) is 6. The minimum Gasteiger partial charge on any atom is -0.497 e. The molecule has 0 saturated carbocycles. The molecule has 2 fully saturated rings. The van der Waals surface area contributed by atoms with Gasteiger partial charge in [-0.1, -0.05) is 12.1 Å². The molecule has 1 aromatic heterocycles. The van der Waals surface area contributed by atoms with Crippen molar-refractivity contribution in [2.45, 2.75) is 12.6 Å². The van der Waals surface area contributed by atoms with Gasteiger partial charge in [-0.2, -0.15) is 0 Å². The molecule has 2 aliphatic rings. The Bertz CT molecular complexity index is 703. The minimum absolute atomic E-state index is 0.0222. The SMILES string of the molecule is COc1ccc([C@@H]2[C@@H]3CN(c4nc(CO)cs4)C[C@@H]3CN2C)cc1. The maximum Gasteiger partial charge on any atom is 0.185 e. The number of aromatic nitrogens is 1. The number of benzene rings is 1. The smallest absolute Gasteiger partial charge is 0.185 e. The van der Waals surface area contributed by atoms with E-state index in [0.29, 0.717) is 17.9 Å². The number of ether oxygens (including phenoxy) is 1. The number of likely N-dealkylation sites (tertiary alicyclic amines) is 1. The van der Waals surface area contributed by atoms with Crippen molar-refractivity contribution in [3.63, 3.8) is 0 Å². The monoisotopic (exact) mass is 345 g/mol. The summed E-state index contributed by atoms with van der Waals surface area (Å²) in [5.74, 6) is 2.19. The Labute approximate surface area is 146 Å². The predicted octanol–water partition coefficient (Wildman–Crippen LogP) is 2.38. The van der Waals surface area contributed by atoms with Crippen molar-refractivity contribution in [1.29, 1.82) is 0 Å². The molecule has 5 nitrogen and oxygen atoms in total. The summed E-state index contributed by atoms with van der Waals surface area (Å²) in [5.41, 5.74) is 2.14. The lowest BCUT2D eigenvalue weighted by molar-refractivity contribution is 0.277. The summed E-state index contributed by atoms with van der Waals surface area (Å²) in [7, 11) is 3.93. The van der Waals surface area contributed by atoms with Crippen LogP contribution >= 0.6 is 11.3 Å². The van der Waals surface area contributed by atoms with Gasteiger partial charge in [0.1, 0.15) is 5.75 Å². The Kier molecular flexibility index (Phi) is 4.20. The van der Waals surface area contributed by atoms with Crippen LogP contribution in [0.25, 0.3) is 0 Å². The van der Waals surface area contributed by atoms with E-state index >= 15 is 0 Å². The van der Waals surface area contributed by atoms with E-state index in [0.717, 1.165) is 36.2 Å². The zero-order valence-corrected chi connectivity index (χ0v) is 14.9. The first-order valence-corrected chi connectivity index (χ1v) is 9.22. The highest BCUT2D eigenvalue weighted by Crippen LogP contribution is 2.45. The number of rotatable bonds is 4. The van der Waals surface area contributed by atoms with Crippen LogP contribution < -0.4 is 9.64 Å². The Hall–Kier alpha value is -1.63. The van der Waals surface area contributed by atoms with Gasteiger partial charge in [0.05, 0.1) is 19.4 Å². The van der Waals surface area contributed by atoms with Crippen molar-refractivity contribution in [3.05, 3.63) is 40.9 Å². The molecule has 1 aromatic carbocycles. The zero-order chi connectivity index (χ0) is 16.7. The Morgan fingerprint density at radius 2 is 2.04 bits per heavy atom. The number of thiazole rings is 1. The van der Waals surface area contributed by atoms with Crippen molar-refractivity contribution in [2.24, 2.45) is 11.8 Å². The quantitative estimate of drug-likeness (QED) is 0.922. The Balaban J connectivity index is 1.54. The van der Waals surface area contributed by atoms with E-state index < -0.39 is 0 Å². The van der Waals surface area contributed by atoms with E-state index in [-0.39, 0.29) is 6.61 Å². The molecule has 6 heteroatoms. The highest BCUT2D eigenvalue weighted by Gasteiger charge is 2.46. The van der Waals surface area contributed by atoms with Gasteiger partial charge in [-0.05, 0) is 30.7 Å². The first kappa shape index (κ1) is 15.9. The van der Waals surface area contributed by atoms with Crippen LogP contribution in [0.5, 0.6) is 5.75 Å². The minimum atomic E-state index is 0.0222. The first-order valence-electron chi connectivity index (χ1n) is 8.34. The van der Waals surface area contributed by atoms with Crippen molar-refractivity contribution in [3.8, 4) is 5.75 Å². The van der Waals surface area contributed by atoms with Crippen molar-refractivity contribution in [2.75, 3.05) is 38.7 Å². The van der Waals surface area contributed by atoms with Gasteiger partial charge in [0.25, 0.3) is 0 Å². The number of nitrogens with zero attached hydrogens (tertiary/aromatic N) is 3. The molecule has 0 aliphatic carbocycles. The number of fused-ring (bicyclic) bond motifs is 1. The molecule has 4 rings (SSSR count). The second-order valence-electron chi connectivity index (χ2n) is 6.77. The van der Waals surface area contributed by atoms with Gasteiger partial charge in [0, 0.05) is 37.0 Å².